The van der Waals surface area contributed by atoms with Crippen LogP contribution in [0.3, 0.4) is 0 Å². The minimum absolute atomic E-state index is 0.301. The molecule has 1 fully saturated rings. The molecule has 1 saturated heterocycles. The number of rotatable bonds is 7. The number of benzene rings is 3. The van der Waals surface area contributed by atoms with Gasteiger partial charge in [-0.3, -0.25) is 9.88 Å². The van der Waals surface area contributed by atoms with Crippen molar-refractivity contribution in [2.75, 3.05) is 54.8 Å². The SMILES string of the molecule is Cc1cc(Nc2cccc(NC(=O)NCCN3CCN(c4cccc(C(F)(F)F)c4)CC3)c2)c2ccccc2n1. The van der Waals surface area contributed by atoms with Crippen molar-refractivity contribution in [2.24, 2.45) is 0 Å². The lowest BCUT2D eigenvalue weighted by molar-refractivity contribution is -0.137. The van der Waals surface area contributed by atoms with Gasteiger partial charge in [0, 0.05) is 73.1 Å². The van der Waals surface area contributed by atoms with Gasteiger partial charge in [0.05, 0.1) is 11.1 Å². The fourth-order valence-corrected chi connectivity index (χ4v) is 4.85. The van der Waals surface area contributed by atoms with Crippen molar-refractivity contribution in [1.29, 1.82) is 0 Å². The van der Waals surface area contributed by atoms with E-state index in [1.165, 1.54) is 12.1 Å². The maximum absolute atomic E-state index is 13.0. The highest BCUT2D eigenvalue weighted by molar-refractivity contribution is 5.94. The van der Waals surface area contributed by atoms with Gasteiger partial charge in [0.1, 0.15) is 0 Å². The molecule has 4 aromatic rings. The predicted octanol–water partition coefficient (Wildman–Crippen LogP) is 6.25. The van der Waals surface area contributed by atoms with E-state index >= 15 is 0 Å². The Labute approximate surface area is 231 Å². The largest absolute Gasteiger partial charge is 0.416 e. The van der Waals surface area contributed by atoms with Gasteiger partial charge in [0.2, 0.25) is 0 Å². The number of aryl methyl sites for hydroxylation is 1. The zero-order chi connectivity index (χ0) is 28.1. The van der Waals surface area contributed by atoms with E-state index < -0.39 is 11.7 Å². The predicted molar refractivity (Wildman–Crippen MR) is 153 cm³/mol. The van der Waals surface area contributed by atoms with Gasteiger partial charge < -0.3 is 20.9 Å². The normalized spacial score (nSPS) is 14.2. The van der Waals surface area contributed by atoms with Gasteiger partial charge in [-0.1, -0.05) is 30.3 Å². The number of nitrogens with zero attached hydrogens (tertiary/aromatic N) is 3. The van der Waals surface area contributed by atoms with Crippen molar-refractivity contribution >= 4 is 39.7 Å². The second-order valence-corrected chi connectivity index (χ2v) is 9.79. The van der Waals surface area contributed by atoms with Crippen LogP contribution in [0, 0.1) is 6.92 Å². The number of hydrogen-bond donors (Lipinski definition) is 3. The zero-order valence-corrected chi connectivity index (χ0v) is 22.1. The first-order valence-electron chi connectivity index (χ1n) is 13.2. The molecule has 1 aliphatic heterocycles. The van der Waals surface area contributed by atoms with Crippen LogP contribution in [0.2, 0.25) is 0 Å². The summed E-state index contributed by atoms with van der Waals surface area (Å²) in [7, 11) is 0. The minimum atomic E-state index is -4.35. The Balaban J connectivity index is 1.09. The van der Waals surface area contributed by atoms with Crippen LogP contribution in [-0.4, -0.2) is 55.2 Å². The second kappa shape index (κ2) is 11.8. The smallest absolute Gasteiger partial charge is 0.369 e. The first-order chi connectivity index (χ1) is 19.2. The number of amides is 2. The lowest BCUT2D eigenvalue weighted by Crippen LogP contribution is -2.48. The van der Waals surface area contributed by atoms with Crippen molar-refractivity contribution in [3.05, 3.63) is 90.1 Å². The Kier molecular flexibility index (Phi) is 8.06. The standard InChI is InChI=1S/C30H31F3N6O/c1-21-18-28(26-10-2-3-11-27(26)35-21)36-23-7-5-8-24(20-23)37-29(40)34-12-13-38-14-16-39(17-15-38)25-9-4-6-22(19-25)30(31,32)33/h2-11,18-20H,12-17H2,1H3,(H,35,36)(H2,34,37,40). The van der Waals surface area contributed by atoms with Gasteiger partial charge in [0.15, 0.2) is 0 Å². The van der Waals surface area contributed by atoms with Crippen LogP contribution in [0.4, 0.5) is 40.7 Å². The highest BCUT2D eigenvalue weighted by Gasteiger charge is 2.31. The Morgan fingerprint density at radius 3 is 2.45 bits per heavy atom. The summed E-state index contributed by atoms with van der Waals surface area (Å²) in [4.78, 5) is 21.3. The fraction of sp³-hybridized carbons (Fsp3) is 0.267. The van der Waals surface area contributed by atoms with Crippen LogP contribution < -0.4 is 20.9 Å². The molecule has 40 heavy (non-hydrogen) atoms. The van der Waals surface area contributed by atoms with E-state index in [1.54, 1.807) is 6.07 Å². The molecule has 3 aromatic carbocycles. The zero-order valence-electron chi connectivity index (χ0n) is 22.1. The number of fused-ring (bicyclic) bond motifs is 1. The van der Waals surface area contributed by atoms with Gasteiger partial charge in [-0.25, -0.2) is 4.79 Å². The van der Waals surface area contributed by atoms with E-state index in [0.29, 0.717) is 50.6 Å². The third kappa shape index (κ3) is 6.81. The van der Waals surface area contributed by atoms with Crippen LogP contribution in [-0.2, 0) is 6.18 Å². The summed E-state index contributed by atoms with van der Waals surface area (Å²) >= 11 is 0. The molecule has 1 aliphatic rings. The van der Waals surface area contributed by atoms with Crippen molar-refractivity contribution in [3.63, 3.8) is 0 Å². The lowest BCUT2D eigenvalue weighted by Gasteiger charge is -2.36. The third-order valence-corrected chi connectivity index (χ3v) is 6.87. The van der Waals surface area contributed by atoms with Gasteiger partial charge >= 0.3 is 12.2 Å². The van der Waals surface area contributed by atoms with Crippen LogP contribution in [0.15, 0.2) is 78.9 Å². The molecule has 2 heterocycles. The number of para-hydroxylation sites is 1. The molecule has 10 heteroatoms. The second-order valence-electron chi connectivity index (χ2n) is 9.79. The van der Waals surface area contributed by atoms with E-state index in [-0.39, 0.29) is 6.03 Å². The maximum atomic E-state index is 13.0. The molecule has 0 unspecified atom stereocenters. The number of hydrogen-bond acceptors (Lipinski definition) is 5. The number of nitrogens with one attached hydrogen (secondary N) is 3. The summed E-state index contributed by atoms with van der Waals surface area (Å²) in [5.74, 6) is 0. The first kappa shape index (κ1) is 27.3. The van der Waals surface area contributed by atoms with Gasteiger partial charge in [0.25, 0.3) is 0 Å². The van der Waals surface area contributed by atoms with Crippen molar-refractivity contribution in [3.8, 4) is 0 Å². The van der Waals surface area contributed by atoms with E-state index in [0.717, 1.165) is 34.0 Å². The summed E-state index contributed by atoms with van der Waals surface area (Å²) in [5.41, 5.74) is 4.21. The fourth-order valence-electron chi connectivity index (χ4n) is 4.85. The van der Waals surface area contributed by atoms with Gasteiger partial charge in [-0.2, -0.15) is 13.2 Å². The maximum Gasteiger partial charge on any atom is 0.416 e. The molecule has 0 spiro atoms. The number of carbonyl (C=O) groups excluding carboxylic acids is 1. The molecular formula is C30H31F3N6O. The molecule has 2 amide bonds. The number of anilines is 4. The van der Waals surface area contributed by atoms with E-state index in [2.05, 4.69) is 25.8 Å². The Morgan fingerprint density at radius 2 is 1.65 bits per heavy atom. The Bertz CT molecular complexity index is 1480. The molecular weight excluding hydrogens is 517 g/mol. The molecule has 208 valence electrons. The lowest BCUT2D eigenvalue weighted by atomic mass is 10.1. The average molecular weight is 549 g/mol. The molecule has 1 aromatic heterocycles. The summed E-state index contributed by atoms with van der Waals surface area (Å²) < 4.78 is 39.1. The number of halogens is 3. The number of carbonyl (C=O) groups is 1. The number of pyridine rings is 1. The van der Waals surface area contributed by atoms with Crippen molar-refractivity contribution < 1.29 is 18.0 Å². The number of urea groups is 1. The Hall–Kier alpha value is -4.31. The molecule has 0 radical (unpaired) electrons. The average Bonchev–Trinajstić information content (AvgIpc) is 2.93. The van der Waals surface area contributed by atoms with E-state index in [1.807, 2.05) is 66.4 Å². The van der Waals surface area contributed by atoms with Crippen LogP contribution in [0.25, 0.3) is 10.9 Å². The molecule has 0 aliphatic carbocycles. The summed E-state index contributed by atoms with van der Waals surface area (Å²) in [6, 6.07) is 22.6. The summed E-state index contributed by atoms with van der Waals surface area (Å²) in [6.45, 7) is 5.72. The van der Waals surface area contributed by atoms with Gasteiger partial charge in [-0.05, 0) is 55.5 Å². The summed E-state index contributed by atoms with van der Waals surface area (Å²) in [5, 5.41) is 10.2. The monoisotopic (exact) mass is 548 g/mol. The van der Waals surface area contributed by atoms with E-state index in [9.17, 15) is 18.0 Å². The molecule has 3 N–H and O–H groups in total. The van der Waals surface area contributed by atoms with E-state index in [4.69, 9.17) is 0 Å². The topological polar surface area (TPSA) is 72.5 Å². The van der Waals surface area contributed by atoms with Crippen LogP contribution >= 0.6 is 0 Å². The van der Waals surface area contributed by atoms with Crippen molar-refractivity contribution in [2.45, 2.75) is 13.1 Å². The minimum Gasteiger partial charge on any atom is -0.369 e. The number of piperazine rings is 1. The highest BCUT2D eigenvalue weighted by atomic mass is 19.4. The molecule has 5 rings (SSSR count). The number of aromatic nitrogens is 1. The van der Waals surface area contributed by atoms with Crippen LogP contribution in [0.5, 0.6) is 0 Å². The molecule has 0 atom stereocenters. The molecule has 0 bridgehead atoms. The Morgan fingerprint density at radius 1 is 0.900 bits per heavy atom. The first-order valence-corrected chi connectivity index (χ1v) is 13.2. The van der Waals surface area contributed by atoms with Crippen molar-refractivity contribution in [1.82, 2.24) is 15.2 Å². The molecule has 7 nitrogen and oxygen atoms in total. The summed E-state index contributed by atoms with van der Waals surface area (Å²) in [6.07, 6.45) is -4.35. The quantitative estimate of drug-likeness (QED) is 0.255. The highest BCUT2D eigenvalue weighted by Crippen LogP contribution is 2.32. The van der Waals surface area contributed by atoms with Crippen LogP contribution in [0.1, 0.15) is 11.3 Å². The number of alkyl halides is 3. The van der Waals surface area contributed by atoms with Gasteiger partial charge in [-0.15, -0.1) is 0 Å². The third-order valence-electron chi connectivity index (χ3n) is 6.87. The molecule has 0 saturated carbocycles.